The minimum Gasteiger partial charge on any atom is -0.317 e. The third-order valence-electron chi connectivity index (χ3n) is 4.08. The van der Waals surface area contributed by atoms with Gasteiger partial charge in [0, 0.05) is 18.6 Å². The molecule has 1 fully saturated rings. The lowest BCUT2D eigenvalue weighted by Gasteiger charge is -2.37. The minimum absolute atomic E-state index is 0.629. The molecule has 1 aliphatic heterocycles. The maximum atomic E-state index is 3.34. The second kappa shape index (κ2) is 7.34. The van der Waals surface area contributed by atoms with Crippen molar-refractivity contribution in [1.29, 1.82) is 0 Å². The molecular weight excluding hydrogens is 210 g/mol. The van der Waals surface area contributed by atoms with Crippen LogP contribution in [0.25, 0.3) is 0 Å². The Morgan fingerprint density at radius 3 is 2.29 bits per heavy atom. The van der Waals surface area contributed by atoms with Crippen molar-refractivity contribution in [2.24, 2.45) is 5.92 Å². The molecule has 0 spiro atoms. The summed E-state index contributed by atoms with van der Waals surface area (Å²) < 4.78 is 0. The number of hydrogen-bond donors (Lipinski definition) is 1. The van der Waals surface area contributed by atoms with Crippen molar-refractivity contribution in [3.63, 3.8) is 0 Å². The van der Waals surface area contributed by atoms with Crippen LogP contribution in [0.15, 0.2) is 0 Å². The van der Waals surface area contributed by atoms with Crippen molar-refractivity contribution in [3.05, 3.63) is 0 Å². The molecule has 0 aromatic heterocycles. The van der Waals surface area contributed by atoms with Gasteiger partial charge in [0.05, 0.1) is 0 Å². The van der Waals surface area contributed by atoms with Crippen LogP contribution in [0, 0.1) is 5.92 Å². The molecule has 0 bridgehead atoms. The van der Waals surface area contributed by atoms with E-state index < -0.39 is 0 Å². The zero-order valence-corrected chi connectivity index (χ0v) is 12.4. The Balaban J connectivity index is 2.26. The van der Waals surface area contributed by atoms with Crippen molar-refractivity contribution in [2.75, 3.05) is 40.8 Å². The molecule has 0 saturated carbocycles. The summed E-state index contributed by atoms with van der Waals surface area (Å²) in [5.41, 5.74) is 0. The normalized spacial score (nSPS) is 22.9. The zero-order chi connectivity index (χ0) is 12.8. The lowest BCUT2D eigenvalue weighted by atomic mass is 9.94. The highest BCUT2D eigenvalue weighted by molar-refractivity contribution is 4.79. The summed E-state index contributed by atoms with van der Waals surface area (Å²) in [5, 5.41) is 3.34. The molecule has 1 heterocycles. The summed E-state index contributed by atoms with van der Waals surface area (Å²) in [7, 11) is 6.42. The third-order valence-corrected chi connectivity index (χ3v) is 4.08. The van der Waals surface area contributed by atoms with E-state index in [1.165, 1.54) is 38.9 Å². The molecule has 3 nitrogen and oxygen atoms in total. The minimum atomic E-state index is 0.629. The molecule has 3 heteroatoms. The van der Waals surface area contributed by atoms with E-state index in [0.29, 0.717) is 6.04 Å². The molecule has 2 atom stereocenters. The molecule has 1 N–H and O–H groups in total. The lowest BCUT2D eigenvalue weighted by molar-refractivity contribution is 0.118. The predicted molar refractivity (Wildman–Crippen MR) is 75.5 cm³/mol. The van der Waals surface area contributed by atoms with Gasteiger partial charge in [0.25, 0.3) is 0 Å². The second-order valence-electron chi connectivity index (χ2n) is 6.02. The molecule has 102 valence electrons. The van der Waals surface area contributed by atoms with Gasteiger partial charge in [-0.2, -0.15) is 0 Å². The molecular formula is C14H31N3. The number of hydrogen-bond acceptors (Lipinski definition) is 3. The standard InChI is InChI=1S/C14H31N3/c1-12(15-3)10-13(2)17-8-6-14(7-9-17)11-16(4)5/h12-15H,6-11H2,1-5H3. The van der Waals surface area contributed by atoms with Crippen LogP contribution in [0.1, 0.15) is 33.1 Å². The maximum absolute atomic E-state index is 3.34. The quantitative estimate of drug-likeness (QED) is 0.763. The summed E-state index contributed by atoms with van der Waals surface area (Å²) in [4.78, 5) is 4.99. The van der Waals surface area contributed by atoms with E-state index >= 15 is 0 Å². The summed E-state index contributed by atoms with van der Waals surface area (Å²) in [5.74, 6) is 0.912. The summed E-state index contributed by atoms with van der Waals surface area (Å²) in [6.07, 6.45) is 4.00. The molecule has 1 rings (SSSR count). The van der Waals surface area contributed by atoms with Crippen LogP contribution < -0.4 is 5.32 Å². The topological polar surface area (TPSA) is 18.5 Å². The van der Waals surface area contributed by atoms with E-state index in [1.54, 1.807) is 0 Å². The average molecular weight is 241 g/mol. The Morgan fingerprint density at radius 2 is 1.82 bits per heavy atom. The van der Waals surface area contributed by atoms with Gasteiger partial charge in [-0.05, 0) is 73.3 Å². The molecule has 0 amide bonds. The Hall–Kier alpha value is -0.120. The monoisotopic (exact) mass is 241 g/mol. The van der Waals surface area contributed by atoms with Crippen molar-refractivity contribution >= 4 is 0 Å². The highest BCUT2D eigenvalue weighted by Gasteiger charge is 2.23. The fourth-order valence-corrected chi connectivity index (χ4v) is 2.87. The van der Waals surface area contributed by atoms with Gasteiger partial charge >= 0.3 is 0 Å². The van der Waals surface area contributed by atoms with Crippen LogP contribution in [0.5, 0.6) is 0 Å². The van der Waals surface area contributed by atoms with Gasteiger partial charge in [0.15, 0.2) is 0 Å². The largest absolute Gasteiger partial charge is 0.317 e. The van der Waals surface area contributed by atoms with Gasteiger partial charge in [0.1, 0.15) is 0 Å². The van der Waals surface area contributed by atoms with Crippen LogP contribution in [0.2, 0.25) is 0 Å². The van der Waals surface area contributed by atoms with Crippen LogP contribution in [-0.2, 0) is 0 Å². The van der Waals surface area contributed by atoms with E-state index in [-0.39, 0.29) is 0 Å². The van der Waals surface area contributed by atoms with E-state index in [1.807, 2.05) is 0 Å². The first kappa shape index (κ1) is 14.9. The van der Waals surface area contributed by atoms with E-state index in [0.717, 1.165) is 12.0 Å². The number of nitrogens with one attached hydrogen (secondary N) is 1. The molecule has 0 aliphatic carbocycles. The first-order valence-electron chi connectivity index (χ1n) is 7.09. The smallest absolute Gasteiger partial charge is 0.00816 e. The van der Waals surface area contributed by atoms with Crippen LogP contribution in [0.3, 0.4) is 0 Å². The van der Waals surface area contributed by atoms with Crippen LogP contribution in [-0.4, -0.2) is 62.7 Å². The van der Waals surface area contributed by atoms with E-state index in [4.69, 9.17) is 0 Å². The summed E-state index contributed by atoms with van der Waals surface area (Å²) >= 11 is 0. The third kappa shape index (κ3) is 5.36. The maximum Gasteiger partial charge on any atom is 0.00816 e. The van der Waals surface area contributed by atoms with Crippen molar-refractivity contribution in [1.82, 2.24) is 15.1 Å². The number of nitrogens with zero attached hydrogens (tertiary/aromatic N) is 2. The van der Waals surface area contributed by atoms with Crippen LogP contribution >= 0.6 is 0 Å². The van der Waals surface area contributed by atoms with Gasteiger partial charge in [-0.15, -0.1) is 0 Å². The van der Waals surface area contributed by atoms with Gasteiger partial charge in [-0.3, -0.25) is 0 Å². The van der Waals surface area contributed by atoms with Gasteiger partial charge in [0.2, 0.25) is 0 Å². The Bertz CT molecular complexity index is 198. The van der Waals surface area contributed by atoms with E-state index in [9.17, 15) is 0 Å². The Labute approximate surface area is 108 Å². The summed E-state index contributed by atoms with van der Waals surface area (Å²) in [6.45, 7) is 8.48. The number of rotatable bonds is 6. The highest BCUT2D eigenvalue weighted by Crippen LogP contribution is 2.20. The molecule has 1 saturated heterocycles. The molecule has 1 aliphatic rings. The number of likely N-dealkylation sites (tertiary alicyclic amines) is 1. The number of piperidine rings is 1. The van der Waals surface area contributed by atoms with E-state index in [2.05, 4.69) is 50.1 Å². The average Bonchev–Trinajstić information content (AvgIpc) is 2.28. The molecule has 0 aromatic carbocycles. The highest BCUT2D eigenvalue weighted by atomic mass is 15.2. The zero-order valence-electron chi connectivity index (χ0n) is 12.4. The fourth-order valence-electron chi connectivity index (χ4n) is 2.87. The SMILES string of the molecule is CNC(C)CC(C)N1CCC(CN(C)C)CC1. The van der Waals surface area contributed by atoms with Gasteiger partial charge < -0.3 is 15.1 Å². The lowest BCUT2D eigenvalue weighted by Crippen LogP contribution is -2.44. The fraction of sp³-hybridized carbons (Fsp3) is 1.00. The predicted octanol–water partition coefficient (Wildman–Crippen LogP) is 1.65. The Morgan fingerprint density at radius 1 is 1.24 bits per heavy atom. The first-order chi connectivity index (χ1) is 8.02. The first-order valence-corrected chi connectivity index (χ1v) is 7.09. The van der Waals surface area contributed by atoms with Gasteiger partial charge in [-0.1, -0.05) is 0 Å². The van der Waals surface area contributed by atoms with Crippen LogP contribution in [0.4, 0.5) is 0 Å². The molecule has 0 aromatic rings. The molecule has 0 radical (unpaired) electrons. The van der Waals surface area contributed by atoms with Crippen molar-refractivity contribution < 1.29 is 0 Å². The molecule has 2 unspecified atom stereocenters. The van der Waals surface area contributed by atoms with Crippen molar-refractivity contribution in [3.8, 4) is 0 Å². The van der Waals surface area contributed by atoms with Gasteiger partial charge in [-0.25, -0.2) is 0 Å². The second-order valence-corrected chi connectivity index (χ2v) is 6.02. The Kier molecular flexibility index (Phi) is 6.45. The molecule has 17 heavy (non-hydrogen) atoms. The summed E-state index contributed by atoms with van der Waals surface area (Å²) in [6, 6.07) is 1.35. The van der Waals surface area contributed by atoms with Crippen molar-refractivity contribution in [2.45, 2.75) is 45.2 Å².